The maximum absolute atomic E-state index is 3.74. The molecule has 0 spiro atoms. The predicted molar refractivity (Wildman–Crippen MR) is 67.2 cm³/mol. The lowest BCUT2D eigenvalue weighted by Gasteiger charge is -2.47. The van der Waals surface area contributed by atoms with Gasteiger partial charge in [0.15, 0.2) is 0 Å². The molecule has 1 aliphatic heterocycles. The van der Waals surface area contributed by atoms with Crippen LogP contribution in [0.1, 0.15) is 60.8 Å². The van der Waals surface area contributed by atoms with Crippen molar-refractivity contribution in [2.45, 2.75) is 84.0 Å². The van der Waals surface area contributed by atoms with E-state index in [2.05, 4.69) is 52.2 Å². The van der Waals surface area contributed by atoms with Crippen LogP contribution in [0, 0.1) is 0 Å². The van der Waals surface area contributed by atoms with Crippen LogP contribution in [0.2, 0.25) is 0 Å². The summed E-state index contributed by atoms with van der Waals surface area (Å²) in [6.45, 7) is 13.7. The molecule has 1 fully saturated rings. The SMILES string of the molecule is CCC(C)NC1CC(C)(C)NC(C)(C)C1. The predicted octanol–water partition coefficient (Wildman–Crippen LogP) is 2.68. The first-order chi connectivity index (χ1) is 6.74. The fourth-order valence-electron chi connectivity index (χ4n) is 2.96. The third-order valence-corrected chi connectivity index (χ3v) is 3.32. The molecule has 0 saturated carbocycles. The summed E-state index contributed by atoms with van der Waals surface area (Å²) in [7, 11) is 0. The van der Waals surface area contributed by atoms with Crippen LogP contribution in [0.4, 0.5) is 0 Å². The molecule has 0 aromatic rings. The maximum atomic E-state index is 3.74. The summed E-state index contributed by atoms with van der Waals surface area (Å²) in [4.78, 5) is 0. The number of rotatable bonds is 3. The topological polar surface area (TPSA) is 24.1 Å². The summed E-state index contributed by atoms with van der Waals surface area (Å²) < 4.78 is 0. The Morgan fingerprint density at radius 3 is 2.07 bits per heavy atom. The first kappa shape index (κ1) is 13.0. The summed E-state index contributed by atoms with van der Waals surface area (Å²) in [5, 5.41) is 7.45. The van der Waals surface area contributed by atoms with E-state index in [1.54, 1.807) is 0 Å². The monoisotopic (exact) mass is 212 g/mol. The second-order valence-electron chi connectivity index (χ2n) is 6.47. The lowest BCUT2D eigenvalue weighted by molar-refractivity contribution is 0.140. The first-order valence-electron chi connectivity index (χ1n) is 6.29. The lowest BCUT2D eigenvalue weighted by atomic mass is 9.79. The summed E-state index contributed by atoms with van der Waals surface area (Å²) >= 11 is 0. The van der Waals surface area contributed by atoms with Gasteiger partial charge in [-0.1, -0.05) is 6.92 Å². The zero-order valence-corrected chi connectivity index (χ0v) is 11.3. The van der Waals surface area contributed by atoms with Gasteiger partial charge in [-0.15, -0.1) is 0 Å². The fourth-order valence-corrected chi connectivity index (χ4v) is 2.96. The van der Waals surface area contributed by atoms with E-state index in [-0.39, 0.29) is 11.1 Å². The Morgan fingerprint density at radius 1 is 1.20 bits per heavy atom. The molecule has 1 atom stereocenters. The molecule has 0 aliphatic carbocycles. The van der Waals surface area contributed by atoms with Gasteiger partial charge in [0.1, 0.15) is 0 Å². The van der Waals surface area contributed by atoms with Crippen LogP contribution in [0.5, 0.6) is 0 Å². The van der Waals surface area contributed by atoms with Crippen LogP contribution in [-0.4, -0.2) is 23.2 Å². The fraction of sp³-hybridized carbons (Fsp3) is 1.00. The van der Waals surface area contributed by atoms with Crippen LogP contribution < -0.4 is 10.6 Å². The van der Waals surface area contributed by atoms with Crippen molar-refractivity contribution >= 4 is 0 Å². The Balaban J connectivity index is 2.59. The summed E-state index contributed by atoms with van der Waals surface area (Å²) in [5.41, 5.74) is 0.514. The van der Waals surface area contributed by atoms with Crippen LogP contribution in [0.3, 0.4) is 0 Å². The van der Waals surface area contributed by atoms with E-state index in [1.165, 1.54) is 19.3 Å². The average molecular weight is 212 g/mol. The quantitative estimate of drug-likeness (QED) is 0.751. The Kier molecular flexibility index (Phi) is 3.83. The van der Waals surface area contributed by atoms with E-state index < -0.39 is 0 Å². The molecule has 2 heteroatoms. The van der Waals surface area contributed by atoms with Crippen molar-refractivity contribution in [3.63, 3.8) is 0 Å². The van der Waals surface area contributed by atoms with Gasteiger partial charge in [-0.05, 0) is 53.9 Å². The van der Waals surface area contributed by atoms with Crippen molar-refractivity contribution in [3.8, 4) is 0 Å². The minimum atomic E-state index is 0.257. The van der Waals surface area contributed by atoms with Gasteiger partial charge in [0.05, 0.1) is 0 Å². The van der Waals surface area contributed by atoms with Gasteiger partial charge in [-0.2, -0.15) is 0 Å². The minimum Gasteiger partial charge on any atom is -0.311 e. The molecule has 90 valence electrons. The molecule has 0 aromatic carbocycles. The molecule has 0 aromatic heterocycles. The zero-order valence-electron chi connectivity index (χ0n) is 11.3. The summed E-state index contributed by atoms with van der Waals surface area (Å²) in [6.07, 6.45) is 3.66. The lowest BCUT2D eigenvalue weighted by Crippen LogP contribution is -2.62. The molecule has 1 saturated heterocycles. The largest absolute Gasteiger partial charge is 0.311 e. The standard InChI is InChI=1S/C13H28N2/c1-7-10(2)14-11-8-12(3,4)15-13(5,6)9-11/h10-11,14-15H,7-9H2,1-6H3. The molecule has 2 N–H and O–H groups in total. The number of piperidine rings is 1. The molecule has 15 heavy (non-hydrogen) atoms. The van der Waals surface area contributed by atoms with Crippen LogP contribution in [0.25, 0.3) is 0 Å². The molecule has 1 unspecified atom stereocenters. The van der Waals surface area contributed by atoms with Gasteiger partial charge in [0.2, 0.25) is 0 Å². The molecule has 1 rings (SSSR count). The number of hydrogen-bond acceptors (Lipinski definition) is 2. The highest BCUT2D eigenvalue weighted by molar-refractivity contribution is 4.99. The minimum absolute atomic E-state index is 0.257. The van der Waals surface area contributed by atoms with Crippen molar-refractivity contribution in [1.82, 2.24) is 10.6 Å². The van der Waals surface area contributed by atoms with Crippen LogP contribution >= 0.6 is 0 Å². The second-order valence-corrected chi connectivity index (χ2v) is 6.47. The van der Waals surface area contributed by atoms with Gasteiger partial charge in [-0.25, -0.2) is 0 Å². The number of hydrogen-bond donors (Lipinski definition) is 2. The van der Waals surface area contributed by atoms with E-state index in [1.807, 2.05) is 0 Å². The normalized spacial score (nSPS) is 27.6. The first-order valence-corrected chi connectivity index (χ1v) is 6.29. The Morgan fingerprint density at radius 2 is 1.67 bits per heavy atom. The van der Waals surface area contributed by atoms with E-state index in [9.17, 15) is 0 Å². The van der Waals surface area contributed by atoms with E-state index in [4.69, 9.17) is 0 Å². The number of nitrogens with one attached hydrogen (secondary N) is 2. The molecule has 1 aliphatic rings. The smallest absolute Gasteiger partial charge is 0.0144 e. The third kappa shape index (κ3) is 4.12. The highest BCUT2D eigenvalue weighted by Crippen LogP contribution is 2.28. The molecule has 2 nitrogen and oxygen atoms in total. The molecular formula is C13H28N2. The van der Waals surface area contributed by atoms with Gasteiger partial charge in [0, 0.05) is 23.2 Å². The van der Waals surface area contributed by atoms with E-state index in [0.29, 0.717) is 12.1 Å². The second kappa shape index (κ2) is 4.42. The van der Waals surface area contributed by atoms with Crippen molar-refractivity contribution in [1.29, 1.82) is 0 Å². The molecule has 0 bridgehead atoms. The van der Waals surface area contributed by atoms with Gasteiger partial charge in [0.25, 0.3) is 0 Å². The van der Waals surface area contributed by atoms with Crippen molar-refractivity contribution in [3.05, 3.63) is 0 Å². The van der Waals surface area contributed by atoms with Crippen LogP contribution in [0.15, 0.2) is 0 Å². The van der Waals surface area contributed by atoms with E-state index in [0.717, 1.165) is 0 Å². The van der Waals surface area contributed by atoms with Gasteiger partial charge in [-0.3, -0.25) is 0 Å². The van der Waals surface area contributed by atoms with Crippen LogP contribution in [-0.2, 0) is 0 Å². The summed E-state index contributed by atoms with van der Waals surface area (Å²) in [5.74, 6) is 0. The Labute approximate surface area is 95.2 Å². The Bertz CT molecular complexity index is 193. The highest BCUT2D eigenvalue weighted by Gasteiger charge is 2.37. The maximum Gasteiger partial charge on any atom is 0.0144 e. The van der Waals surface area contributed by atoms with E-state index >= 15 is 0 Å². The molecule has 1 heterocycles. The average Bonchev–Trinajstić information content (AvgIpc) is 1.97. The summed E-state index contributed by atoms with van der Waals surface area (Å²) in [6, 6.07) is 1.30. The molecule has 0 amide bonds. The van der Waals surface area contributed by atoms with Gasteiger partial charge >= 0.3 is 0 Å². The highest BCUT2D eigenvalue weighted by atomic mass is 15.1. The zero-order chi connectivity index (χ0) is 11.7. The Hall–Kier alpha value is -0.0800. The third-order valence-electron chi connectivity index (χ3n) is 3.32. The molecular weight excluding hydrogens is 184 g/mol. The van der Waals surface area contributed by atoms with Crippen molar-refractivity contribution in [2.24, 2.45) is 0 Å². The van der Waals surface area contributed by atoms with Gasteiger partial charge < -0.3 is 10.6 Å². The van der Waals surface area contributed by atoms with Crippen molar-refractivity contribution < 1.29 is 0 Å². The molecule has 0 radical (unpaired) electrons. The van der Waals surface area contributed by atoms with Crippen molar-refractivity contribution in [2.75, 3.05) is 0 Å².